The molecule has 35 heavy (non-hydrogen) atoms. The van der Waals surface area contributed by atoms with Gasteiger partial charge in [-0.15, -0.1) is 0 Å². The van der Waals surface area contributed by atoms with E-state index in [0.717, 1.165) is 11.1 Å². The first-order chi connectivity index (χ1) is 16.8. The summed E-state index contributed by atoms with van der Waals surface area (Å²) in [6.07, 6.45) is 1.40. The lowest BCUT2D eigenvalue weighted by molar-refractivity contribution is -0.384. The number of amides is 1. The fourth-order valence-corrected chi connectivity index (χ4v) is 3.04. The first kappa shape index (κ1) is 24.9. The highest BCUT2D eigenvalue weighted by atomic mass is 16.6. The van der Waals surface area contributed by atoms with Crippen LogP contribution in [0.1, 0.15) is 27.0 Å². The number of nitrogens with one attached hydrogen (secondary N) is 1. The summed E-state index contributed by atoms with van der Waals surface area (Å²) >= 11 is 0. The molecular formula is C25H23N3O7. The molecule has 0 bridgehead atoms. The maximum Gasteiger partial charge on any atom is 0.343 e. The van der Waals surface area contributed by atoms with E-state index in [0.29, 0.717) is 11.3 Å². The van der Waals surface area contributed by atoms with E-state index in [1.54, 1.807) is 12.1 Å². The molecule has 0 unspecified atom stereocenters. The molecule has 10 nitrogen and oxygen atoms in total. The number of nitrogens with zero attached hydrogens (tertiary/aromatic N) is 2. The van der Waals surface area contributed by atoms with Crippen LogP contribution in [0.3, 0.4) is 0 Å². The van der Waals surface area contributed by atoms with Crippen molar-refractivity contribution in [2.24, 2.45) is 5.10 Å². The molecule has 10 heteroatoms. The first-order valence-corrected chi connectivity index (χ1v) is 10.4. The Morgan fingerprint density at radius 1 is 1.00 bits per heavy atom. The van der Waals surface area contributed by atoms with Crippen LogP contribution in [0.25, 0.3) is 0 Å². The standard InChI is InChI=1S/C25H23N3O7/c1-16-4-10-21(17(2)12-16)34-15-24(29)27-26-14-18-5-11-22(23(13-18)33-3)35-25(30)19-6-8-20(9-7-19)28(31)32/h4-14H,15H2,1-3H3,(H,27,29). The van der Waals surface area contributed by atoms with E-state index in [1.807, 2.05) is 32.0 Å². The Kier molecular flexibility index (Phi) is 8.12. The number of hydrogen-bond acceptors (Lipinski definition) is 8. The number of benzene rings is 3. The van der Waals surface area contributed by atoms with Crippen LogP contribution >= 0.6 is 0 Å². The molecular weight excluding hydrogens is 454 g/mol. The Balaban J connectivity index is 1.57. The molecule has 0 heterocycles. The Morgan fingerprint density at radius 3 is 2.37 bits per heavy atom. The lowest BCUT2D eigenvalue weighted by atomic mass is 10.1. The molecule has 3 rings (SSSR count). The Hall–Kier alpha value is -4.73. The number of aryl methyl sites for hydroxylation is 2. The highest BCUT2D eigenvalue weighted by Gasteiger charge is 2.14. The van der Waals surface area contributed by atoms with Gasteiger partial charge in [-0.25, -0.2) is 10.2 Å². The zero-order valence-corrected chi connectivity index (χ0v) is 19.3. The highest BCUT2D eigenvalue weighted by molar-refractivity contribution is 5.92. The van der Waals surface area contributed by atoms with E-state index < -0.39 is 16.8 Å². The topological polar surface area (TPSA) is 129 Å². The van der Waals surface area contributed by atoms with Crippen molar-refractivity contribution < 1.29 is 28.7 Å². The van der Waals surface area contributed by atoms with Crippen LogP contribution in [-0.2, 0) is 4.79 Å². The normalized spacial score (nSPS) is 10.6. The summed E-state index contributed by atoms with van der Waals surface area (Å²) < 4.78 is 16.1. The Labute approximate surface area is 201 Å². The van der Waals surface area contributed by atoms with Gasteiger partial charge in [-0.05, 0) is 61.4 Å². The van der Waals surface area contributed by atoms with E-state index in [9.17, 15) is 19.7 Å². The minimum absolute atomic E-state index is 0.133. The number of nitro benzene ring substituents is 1. The van der Waals surface area contributed by atoms with Gasteiger partial charge in [0.25, 0.3) is 11.6 Å². The second-order valence-electron chi connectivity index (χ2n) is 7.45. The molecule has 0 aliphatic rings. The molecule has 0 spiro atoms. The molecule has 0 radical (unpaired) electrons. The SMILES string of the molecule is COc1cc(C=NNC(=O)COc2ccc(C)cc2C)ccc1OC(=O)c1ccc([N+](=O)[O-])cc1. The number of rotatable bonds is 9. The predicted octanol–water partition coefficient (Wildman–Crippen LogP) is 3.97. The van der Waals surface area contributed by atoms with Crippen molar-refractivity contribution in [1.29, 1.82) is 0 Å². The molecule has 3 aromatic carbocycles. The second-order valence-corrected chi connectivity index (χ2v) is 7.45. The molecule has 0 aliphatic carbocycles. The molecule has 0 aliphatic heterocycles. The third-order valence-corrected chi connectivity index (χ3v) is 4.80. The van der Waals surface area contributed by atoms with Gasteiger partial charge in [0.1, 0.15) is 5.75 Å². The van der Waals surface area contributed by atoms with E-state index in [1.165, 1.54) is 43.7 Å². The van der Waals surface area contributed by atoms with Crippen molar-refractivity contribution in [2.75, 3.05) is 13.7 Å². The predicted molar refractivity (Wildman–Crippen MR) is 128 cm³/mol. The maximum atomic E-state index is 12.4. The van der Waals surface area contributed by atoms with Gasteiger partial charge >= 0.3 is 5.97 Å². The van der Waals surface area contributed by atoms with Gasteiger partial charge in [-0.1, -0.05) is 17.7 Å². The van der Waals surface area contributed by atoms with Crippen LogP contribution in [0.4, 0.5) is 5.69 Å². The number of hydrazone groups is 1. The molecule has 3 aromatic rings. The summed E-state index contributed by atoms with van der Waals surface area (Å²) in [6, 6.07) is 15.4. The molecule has 0 atom stereocenters. The van der Waals surface area contributed by atoms with E-state index in [2.05, 4.69) is 10.5 Å². The van der Waals surface area contributed by atoms with Crippen molar-refractivity contribution in [1.82, 2.24) is 5.43 Å². The zero-order valence-electron chi connectivity index (χ0n) is 19.3. The van der Waals surface area contributed by atoms with Crippen LogP contribution in [0.15, 0.2) is 65.8 Å². The minimum atomic E-state index is -0.698. The monoisotopic (exact) mass is 477 g/mol. The minimum Gasteiger partial charge on any atom is -0.493 e. The molecule has 1 N–H and O–H groups in total. The molecule has 0 aromatic heterocycles. The van der Waals surface area contributed by atoms with Crippen molar-refractivity contribution in [3.8, 4) is 17.2 Å². The zero-order chi connectivity index (χ0) is 25.4. The molecule has 180 valence electrons. The summed E-state index contributed by atoms with van der Waals surface area (Å²) in [7, 11) is 1.41. The third-order valence-electron chi connectivity index (χ3n) is 4.80. The van der Waals surface area contributed by atoms with Gasteiger partial charge in [-0.3, -0.25) is 14.9 Å². The number of non-ortho nitro benzene ring substituents is 1. The number of esters is 1. The molecule has 0 saturated carbocycles. The summed E-state index contributed by atoms with van der Waals surface area (Å²) in [5.74, 6) is -0.0940. The summed E-state index contributed by atoms with van der Waals surface area (Å²) in [5.41, 5.74) is 5.01. The van der Waals surface area contributed by atoms with Gasteiger partial charge in [0.05, 0.1) is 23.8 Å². The van der Waals surface area contributed by atoms with Gasteiger partial charge in [0, 0.05) is 12.1 Å². The van der Waals surface area contributed by atoms with Gasteiger partial charge in [-0.2, -0.15) is 5.10 Å². The largest absolute Gasteiger partial charge is 0.493 e. The molecule has 1 amide bonds. The van der Waals surface area contributed by atoms with E-state index in [4.69, 9.17) is 14.2 Å². The second kappa shape index (κ2) is 11.4. The smallest absolute Gasteiger partial charge is 0.343 e. The number of nitro groups is 1. The quantitative estimate of drug-likeness (QED) is 0.162. The fraction of sp³-hybridized carbons (Fsp3) is 0.160. The maximum absolute atomic E-state index is 12.4. The molecule has 0 saturated heterocycles. The van der Waals surface area contributed by atoms with Crippen LogP contribution in [-0.4, -0.2) is 36.7 Å². The van der Waals surface area contributed by atoms with Gasteiger partial charge in [0.15, 0.2) is 18.1 Å². The first-order valence-electron chi connectivity index (χ1n) is 10.4. The van der Waals surface area contributed by atoms with Gasteiger partial charge < -0.3 is 14.2 Å². The van der Waals surface area contributed by atoms with E-state index >= 15 is 0 Å². The lowest BCUT2D eigenvalue weighted by Crippen LogP contribution is -2.24. The van der Waals surface area contributed by atoms with Gasteiger partial charge in [0.2, 0.25) is 0 Å². The van der Waals surface area contributed by atoms with Crippen LogP contribution in [0.5, 0.6) is 17.2 Å². The van der Waals surface area contributed by atoms with Crippen molar-refractivity contribution in [3.05, 3.63) is 93.0 Å². The average Bonchev–Trinajstić information content (AvgIpc) is 2.84. The lowest BCUT2D eigenvalue weighted by Gasteiger charge is -2.10. The highest BCUT2D eigenvalue weighted by Crippen LogP contribution is 2.28. The van der Waals surface area contributed by atoms with Crippen LogP contribution in [0.2, 0.25) is 0 Å². The average molecular weight is 477 g/mol. The van der Waals surface area contributed by atoms with Crippen molar-refractivity contribution in [2.45, 2.75) is 13.8 Å². The number of carbonyl (C=O) groups is 2. The number of carbonyl (C=O) groups excluding carboxylic acids is 2. The molecule has 0 fully saturated rings. The van der Waals surface area contributed by atoms with Crippen LogP contribution in [0, 0.1) is 24.0 Å². The Bertz CT molecular complexity index is 1270. The van der Waals surface area contributed by atoms with Crippen molar-refractivity contribution in [3.63, 3.8) is 0 Å². The number of ether oxygens (including phenoxy) is 3. The van der Waals surface area contributed by atoms with Crippen LogP contribution < -0.4 is 19.6 Å². The third kappa shape index (κ3) is 6.87. The van der Waals surface area contributed by atoms with Crippen molar-refractivity contribution >= 4 is 23.8 Å². The Morgan fingerprint density at radius 2 is 1.71 bits per heavy atom. The summed E-state index contributed by atoms with van der Waals surface area (Å²) in [6.45, 7) is 3.68. The van der Waals surface area contributed by atoms with E-state index in [-0.39, 0.29) is 29.4 Å². The number of hydrogen-bond donors (Lipinski definition) is 1. The summed E-state index contributed by atoms with van der Waals surface area (Å²) in [4.78, 5) is 34.6. The summed E-state index contributed by atoms with van der Waals surface area (Å²) in [5, 5.41) is 14.7. The number of methoxy groups -OCH3 is 1. The fourth-order valence-electron chi connectivity index (χ4n) is 3.04.